The molecule has 1 aromatic carbocycles. The quantitative estimate of drug-likeness (QED) is 0.876. The summed E-state index contributed by atoms with van der Waals surface area (Å²) in [6.45, 7) is 2.05. The van der Waals surface area contributed by atoms with Crippen LogP contribution in [0.1, 0.15) is 28.9 Å². The van der Waals surface area contributed by atoms with E-state index in [1.54, 1.807) is 23.5 Å². The predicted molar refractivity (Wildman–Crippen MR) is 77.5 cm³/mol. The van der Waals surface area contributed by atoms with Crippen LogP contribution in [0.4, 0.5) is 5.69 Å². The third-order valence-corrected chi connectivity index (χ3v) is 3.73. The number of hydrogen-bond acceptors (Lipinski definition) is 3. The van der Waals surface area contributed by atoms with Crippen LogP contribution >= 0.6 is 27.3 Å². The van der Waals surface area contributed by atoms with Crippen molar-refractivity contribution in [2.24, 2.45) is 0 Å². The van der Waals surface area contributed by atoms with Crippen LogP contribution in [0.3, 0.4) is 0 Å². The first-order valence-corrected chi connectivity index (χ1v) is 7.12. The molecule has 0 radical (unpaired) electrons. The van der Waals surface area contributed by atoms with E-state index in [0.717, 1.165) is 10.2 Å². The van der Waals surface area contributed by atoms with E-state index in [2.05, 4.69) is 32.7 Å². The van der Waals surface area contributed by atoms with Gasteiger partial charge in [0.1, 0.15) is 0 Å². The number of rotatable bonds is 4. The lowest BCUT2D eigenvalue weighted by Gasteiger charge is -2.15. The zero-order valence-electron chi connectivity index (χ0n) is 9.68. The number of thiophene rings is 1. The molecule has 94 valence electrons. The first-order valence-electron chi connectivity index (χ1n) is 5.39. The van der Waals surface area contributed by atoms with Gasteiger partial charge in [0, 0.05) is 16.2 Å². The first-order chi connectivity index (χ1) is 8.56. The number of nitrogens with one attached hydrogen (secondary N) is 1. The number of carboxylic acids is 1. The minimum absolute atomic E-state index is 0.146. The lowest BCUT2D eigenvalue weighted by atomic mass is 10.1. The van der Waals surface area contributed by atoms with Gasteiger partial charge in [-0.05, 0) is 47.5 Å². The molecule has 18 heavy (non-hydrogen) atoms. The molecule has 2 N–H and O–H groups in total. The van der Waals surface area contributed by atoms with E-state index in [1.807, 2.05) is 18.4 Å². The zero-order chi connectivity index (χ0) is 13.1. The Morgan fingerprint density at radius 2 is 2.22 bits per heavy atom. The Labute approximate surface area is 118 Å². The van der Waals surface area contributed by atoms with Crippen LogP contribution in [0, 0.1) is 0 Å². The average Bonchev–Trinajstić information content (AvgIpc) is 2.81. The van der Waals surface area contributed by atoms with E-state index in [1.165, 1.54) is 5.56 Å². The fourth-order valence-corrected chi connectivity index (χ4v) is 2.90. The number of carboxylic acid groups (broad SMARTS) is 1. The van der Waals surface area contributed by atoms with E-state index < -0.39 is 5.97 Å². The molecule has 1 atom stereocenters. The van der Waals surface area contributed by atoms with Crippen molar-refractivity contribution in [3.05, 3.63) is 50.6 Å². The largest absolute Gasteiger partial charge is 0.478 e. The number of halogens is 1. The van der Waals surface area contributed by atoms with Gasteiger partial charge in [-0.25, -0.2) is 4.79 Å². The van der Waals surface area contributed by atoms with Crippen molar-refractivity contribution in [1.29, 1.82) is 0 Å². The molecule has 1 aromatic heterocycles. The Balaban J connectivity index is 2.21. The lowest BCUT2D eigenvalue weighted by molar-refractivity contribution is 0.0697. The number of anilines is 1. The summed E-state index contributed by atoms with van der Waals surface area (Å²) in [5.41, 5.74) is 2.25. The number of hydrogen-bond donors (Lipinski definition) is 2. The minimum atomic E-state index is -0.928. The van der Waals surface area contributed by atoms with Gasteiger partial charge in [0.2, 0.25) is 0 Å². The molecule has 2 rings (SSSR count). The smallest absolute Gasteiger partial charge is 0.335 e. The Morgan fingerprint density at radius 3 is 2.83 bits per heavy atom. The van der Waals surface area contributed by atoms with E-state index in [4.69, 9.17) is 5.11 Å². The Morgan fingerprint density at radius 1 is 1.44 bits per heavy atom. The summed E-state index contributed by atoms with van der Waals surface area (Å²) >= 11 is 4.96. The molecule has 0 aliphatic carbocycles. The van der Waals surface area contributed by atoms with Gasteiger partial charge in [0.05, 0.1) is 5.56 Å². The van der Waals surface area contributed by atoms with Gasteiger partial charge in [-0.3, -0.25) is 0 Å². The van der Waals surface area contributed by atoms with Gasteiger partial charge >= 0.3 is 5.97 Å². The Kier molecular flexibility index (Phi) is 4.04. The van der Waals surface area contributed by atoms with Crippen molar-refractivity contribution in [3.63, 3.8) is 0 Å². The molecular weight excluding hydrogens is 314 g/mol. The summed E-state index contributed by atoms with van der Waals surface area (Å²) in [5, 5.41) is 16.4. The first kappa shape index (κ1) is 13.1. The molecule has 0 aliphatic heterocycles. The molecule has 1 unspecified atom stereocenters. The molecule has 3 nitrogen and oxygen atoms in total. The van der Waals surface area contributed by atoms with Gasteiger partial charge in [-0.15, -0.1) is 0 Å². The number of aromatic carboxylic acids is 1. The van der Waals surface area contributed by atoms with E-state index in [-0.39, 0.29) is 11.6 Å². The van der Waals surface area contributed by atoms with Gasteiger partial charge in [0.25, 0.3) is 0 Å². The molecule has 0 saturated carbocycles. The molecule has 0 fully saturated rings. The monoisotopic (exact) mass is 325 g/mol. The lowest BCUT2D eigenvalue weighted by Crippen LogP contribution is -2.06. The third-order valence-electron chi connectivity index (χ3n) is 2.57. The highest BCUT2D eigenvalue weighted by Gasteiger charge is 2.09. The molecule has 0 amide bonds. The summed E-state index contributed by atoms with van der Waals surface area (Å²) < 4.78 is 0.752. The molecule has 1 heterocycles. The van der Waals surface area contributed by atoms with Crippen molar-refractivity contribution in [2.75, 3.05) is 5.32 Å². The second-order valence-electron chi connectivity index (χ2n) is 3.96. The topological polar surface area (TPSA) is 49.3 Å². The fourth-order valence-electron chi connectivity index (χ4n) is 1.65. The number of benzene rings is 1. The van der Waals surface area contributed by atoms with Gasteiger partial charge in [-0.2, -0.15) is 11.3 Å². The van der Waals surface area contributed by atoms with E-state index in [0.29, 0.717) is 0 Å². The van der Waals surface area contributed by atoms with Crippen LogP contribution in [0.25, 0.3) is 0 Å². The highest BCUT2D eigenvalue weighted by molar-refractivity contribution is 9.10. The zero-order valence-corrected chi connectivity index (χ0v) is 12.1. The molecule has 0 saturated heterocycles. The third kappa shape index (κ3) is 3.11. The minimum Gasteiger partial charge on any atom is -0.478 e. The summed E-state index contributed by atoms with van der Waals surface area (Å²) in [6, 6.07) is 7.29. The fraction of sp³-hybridized carbons (Fsp3) is 0.154. The van der Waals surface area contributed by atoms with Crippen molar-refractivity contribution in [2.45, 2.75) is 13.0 Å². The van der Waals surface area contributed by atoms with Crippen molar-refractivity contribution >= 4 is 38.9 Å². The predicted octanol–water partition coefficient (Wildman–Crippen LogP) is 4.38. The maximum Gasteiger partial charge on any atom is 0.335 e. The summed E-state index contributed by atoms with van der Waals surface area (Å²) in [4.78, 5) is 11.0. The van der Waals surface area contributed by atoms with Crippen LogP contribution in [0.15, 0.2) is 39.5 Å². The van der Waals surface area contributed by atoms with Gasteiger partial charge in [0.15, 0.2) is 0 Å². The maximum atomic E-state index is 11.0. The molecule has 2 aromatic rings. The molecule has 0 spiro atoms. The molecule has 5 heteroatoms. The molecular formula is C13H12BrNO2S. The Bertz CT molecular complexity index is 554. The average molecular weight is 326 g/mol. The summed E-state index contributed by atoms with van der Waals surface area (Å²) in [6.07, 6.45) is 0. The normalized spacial score (nSPS) is 12.1. The highest BCUT2D eigenvalue weighted by Crippen LogP contribution is 2.25. The van der Waals surface area contributed by atoms with Crippen molar-refractivity contribution in [3.8, 4) is 0 Å². The van der Waals surface area contributed by atoms with Crippen molar-refractivity contribution in [1.82, 2.24) is 0 Å². The van der Waals surface area contributed by atoms with Crippen LogP contribution in [-0.2, 0) is 0 Å². The van der Waals surface area contributed by atoms with Crippen LogP contribution in [0.5, 0.6) is 0 Å². The SMILES string of the molecule is CC(Nc1cc(Br)cc(C(=O)O)c1)c1ccsc1. The van der Waals surface area contributed by atoms with Gasteiger partial charge in [-0.1, -0.05) is 15.9 Å². The summed E-state index contributed by atoms with van der Waals surface area (Å²) in [5.74, 6) is -0.928. The van der Waals surface area contributed by atoms with Crippen LogP contribution in [0.2, 0.25) is 0 Å². The van der Waals surface area contributed by atoms with E-state index >= 15 is 0 Å². The maximum absolute atomic E-state index is 11.0. The van der Waals surface area contributed by atoms with Crippen LogP contribution in [-0.4, -0.2) is 11.1 Å². The highest BCUT2D eigenvalue weighted by atomic mass is 79.9. The second-order valence-corrected chi connectivity index (χ2v) is 5.65. The molecule has 0 bridgehead atoms. The van der Waals surface area contributed by atoms with Gasteiger partial charge < -0.3 is 10.4 Å². The van der Waals surface area contributed by atoms with Crippen molar-refractivity contribution < 1.29 is 9.90 Å². The molecule has 0 aliphatic rings. The van der Waals surface area contributed by atoms with Crippen LogP contribution < -0.4 is 5.32 Å². The van der Waals surface area contributed by atoms with E-state index in [9.17, 15) is 4.79 Å². The number of carbonyl (C=O) groups is 1. The summed E-state index contributed by atoms with van der Waals surface area (Å²) in [7, 11) is 0. The second kappa shape index (κ2) is 5.54. The Hall–Kier alpha value is -1.33. The standard InChI is InChI=1S/C13H12BrNO2S/c1-8(9-2-3-18-7-9)15-12-5-10(13(16)17)4-11(14)6-12/h2-8,15H,1H3,(H,16,17).